The van der Waals surface area contributed by atoms with Crippen molar-refractivity contribution in [3.05, 3.63) is 23.3 Å². The van der Waals surface area contributed by atoms with Gasteiger partial charge in [0.1, 0.15) is 5.75 Å². The van der Waals surface area contributed by atoms with Crippen molar-refractivity contribution < 1.29 is 24.8 Å². The van der Waals surface area contributed by atoms with Crippen LogP contribution in [-0.2, 0) is 12.8 Å². The normalized spacial score (nSPS) is 11.1. The van der Waals surface area contributed by atoms with Crippen LogP contribution in [-0.4, -0.2) is 34.5 Å². The summed E-state index contributed by atoms with van der Waals surface area (Å²) in [6.07, 6.45) is 20.8. The Bertz CT molecular complexity index is 611. The van der Waals surface area contributed by atoms with Crippen LogP contribution >= 0.6 is 0 Å². The van der Waals surface area contributed by atoms with E-state index in [-0.39, 0.29) is 0 Å². The summed E-state index contributed by atoms with van der Waals surface area (Å²) in [6, 6.07) is 3.55. The van der Waals surface area contributed by atoms with Crippen LogP contribution in [0.25, 0.3) is 0 Å². The number of rotatable bonds is 21. The highest BCUT2D eigenvalue weighted by Crippen LogP contribution is 2.24. The smallest absolute Gasteiger partial charge is 0.512 e. The number of benzene rings is 1. The zero-order chi connectivity index (χ0) is 24.3. The first kappa shape index (κ1) is 30.0. The van der Waals surface area contributed by atoms with Crippen LogP contribution in [0.4, 0.5) is 0 Å². The second-order valence-electron chi connectivity index (χ2n) is 9.43. The molecule has 1 rings (SSSR count). The van der Waals surface area contributed by atoms with Gasteiger partial charge in [-0.15, -0.1) is 0 Å². The monoisotopic (exact) mass is 462 g/mol. The van der Waals surface area contributed by atoms with E-state index in [1.165, 1.54) is 77.0 Å². The molecule has 0 bridgehead atoms. The van der Waals surface area contributed by atoms with Gasteiger partial charge in [0.05, 0.1) is 0 Å². The summed E-state index contributed by atoms with van der Waals surface area (Å²) in [5.41, 5.74) is 2.12. The zero-order valence-corrected chi connectivity index (χ0v) is 21.2. The molecule has 0 radical (unpaired) electrons. The Hall–Kier alpha value is -1.01. The maximum Gasteiger partial charge on any atom is 0.707 e. The van der Waals surface area contributed by atoms with Gasteiger partial charge in [0.25, 0.3) is 0 Å². The SMILES string of the molecule is CCCCCCCCCCc1cc(B(O)O)c(CCCCCCCCCC)cc1OB(O)O. The van der Waals surface area contributed by atoms with Crippen molar-refractivity contribution in [3.8, 4) is 5.75 Å². The maximum atomic E-state index is 9.95. The van der Waals surface area contributed by atoms with E-state index in [2.05, 4.69) is 13.8 Å². The molecule has 1 aromatic carbocycles. The summed E-state index contributed by atoms with van der Waals surface area (Å²) in [6.45, 7) is 4.45. The molecule has 33 heavy (non-hydrogen) atoms. The van der Waals surface area contributed by atoms with Gasteiger partial charge >= 0.3 is 14.4 Å². The lowest BCUT2D eigenvalue weighted by molar-refractivity contribution is 0.286. The van der Waals surface area contributed by atoms with Crippen molar-refractivity contribution in [2.24, 2.45) is 0 Å². The van der Waals surface area contributed by atoms with Crippen LogP contribution in [0.1, 0.15) is 128 Å². The van der Waals surface area contributed by atoms with Gasteiger partial charge in [-0.1, -0.05) is 110 Å². The number of hydrogen-bond donors (Lipinski definition) is 4. The van der Waals surface area contributed by atoms with E-state index in [1.807, 2.05) is 0 Å². The Morgan fingerprint density at radius 2 is 1.00 bits per heavy atom. The van der Waals surface area contributed by atoms with Gasteiger partial charge in [0, 0.05) is 0 Å². The minimum absolute atomic E-state index is 0.437. The molecule has 5 nitrogen and oxygen atoms in total. The van der Waals surface area contributed by atoms with Gasteiger partial charge in [-0.3, -0.25) is 0 Å². The van der Waals surface area contributed by atoms with Crippen molar-refractivity contribution in [2.75, 3.05) is 0 Å². The van der Waals surface area contributed by atoms with Gasteiger partial charge in [0.2, 0.25) is 0 Å². The van der Waals surface area contributed by atoms with Crippen molar-refractivity contribution in [2.45, 2.75) is 129 Å². The average molecular weight is 462 g/mol. The number of aryl methyl sites for hydroxylation is 2. The number of hydrogen-bond acceptors (Lipinski definition) is 5. The molecule has 0 aliphatic carbocycles. The van der Waals surface area contributed by atoms with Gasteiger partial charge in [0.15, 0.2) is 0 Å². The Morgan fingerprint density at radius 1 is 0.576 bits per heavy atom. The van der Waals surface area contributed by atoms with E-state index in [4.69, 9.17) is 4.65 Å². The molecule has 0 amide bonds. The lowest BCUT2D eigenvalue weighted by Crippen LogP contribution is -2.34. The van der Waals surface area contributed by atoms with Gasteiger partial charge in [-0.2, -0.15) is 0 Å². The van der Waals surface area contributed by atoms with E-state index < -0.39 is 14.4 Å². The lowest BCUT2D eigenvalue weighted by atomic mass is 9.74. The molecule has 0 saturated heterocycles. The fraction of sp³-hybridized carbons (Fsp3) is 0.769. The molecule has 0 atom stereocenters. The summed E-state index contributed by atoms with van der Waals surface area (Å²) in [5, 5.41) is 38.7. The molecule has 0 heterocycles. The highest BCUT2D eigenvalue weighted by Gasteiger charge is 2.22. The van der Waals surface area contributed by atoms with E-state index in [1.54, 1.807) is 12.1 Å². The van der Waals surface area contributed by atoms with Crippen LogP contribution in [0.3, 0.4) is 0 Å². The van der Waals surface area contributed by atoms with Crippen LogP contribution in [0.2, 0.25) is 0 Å². The molecule has 0 aromatic heterocycles. The first-order valence-electron chi connectivity index (χ1n) is 13.5. The van der Waals surface area contributed by atoms with Crippen molar-refractivity contribution in [1.82, 2.24) is 0 Å². The fourth-order valence-corrected chi connectivity index (χ4v) is 4.46. The fourth-order valence-electron chi connectivity index (χ4n) is 4.46. The molecule has 188 valence electrons. The first-order valence-corrected chi connectivity index (χ1v) is 13.5. The zero-order valence-electron chi connectivity index (χ0n) is 21.2. The summed E-state index contributed by atoms with van der Waals surface area (Å²) < 4.78 is 5.27. The molecule has 4 N–H and O–H groups in total. The minimum atomic E-state index is -1.89. The Balaban J connectivity index is 2.63. The van der Waals surface area contributed by atoms with E-state index in [0.29, 0.717) is 11.2 Å². The Morgan fingerprint density at radius 3 is 1.42 bits per heavy atom. The highest BCUT2D eigenvalue weighted by molar-refractivity contribution is 6.59. The first-order chi connectivity index (χ1) is 16.0. The second-order valence-corrected chi connectivity index (χ2v) is 9.43. The third-order valence-electron chi connectivity index (χ3n) is 6.43. The van der Waals surface area contributed by atoms with E-state index >= 15 is 0 Å². The third-order valence-corrected chi connectivity index (χ3v) is 6.43. The molecule has 0 fully saturated rings. The van der Waals surface area contributed by atoms with Crippen LogP contribution in [0, 0.1) is 0 Å². The largest absolute Gasteiger partial charge is 0.707 e. The van der Waals surface area contributed by atoms with Crippen molar-refractivity contribution >= 4 is 19.9 Å². The van der Waals surface area contributed by atoms with Gasteiger partial charge in [-0.05, 0) is 48.3 Å². The molecular weight excluding hydrogens is 414 g/mol. The molecule has 0 spiro atoms. The maximum absolute atomic E-state index is 9.95. The van der Waals surface area contributed by atoms with Crippen LogP contribution in [0.5, 0.6) is 5.75 Å². The van der Waals surface area contributed by atoms with Crippen molar-refractivity contribution in [1.29, 1.82) is 0 Å². The van der Waals surface area contributed by atoms with Crippen molar-refractivity contribution in [3.63, 3.8) is 0 Å². The molecule has 1 aromatic rings. The summed E-state index contributed by atoms with van der Waals surface area (Å²) in [5.74, 6) is 0.437. The summed E-state index contributed by atoms with van der Waals surface area (Å²) in [4.78, 5) is 0. The van der Waals surface area contributed by atoms with Crippen LogP contribution in [0.15, 0.2) is 12.1 Å². The Labute approximate surface area is 203 Å². The predicted molar refractivity (Wildman–Crippen MR) is 140 cm³/mol. The topological polar surface area (TPSA) is 90.2 Å². The standard InChI is InChI=1S/C26H48B2O5/c1-3-5-7-9-11-13-15-17-19-23-22-26(33-28(31)32)24(21-25(23)27(29)30)20-18-16-14-12-10-8-6-4-2/h21-22,29-32H,3-20H2,1-2H3. The Kier molecular flexibility index (Phi) is 17.6. The molecule has 0 aliphatic heterocycles. The number of unbranched alkanes of at least 4 members (excludes halogenated alkanes) is 14. The van der Waals surface area contributed by atoms with Gasteiger partial charge in [-0.25, -0.2) is 0 Å². The molecule has 7 heteroatoms. The third kappa shape index (κ3) is 14.1. The quantitative estimate of drug-likeness (QED) is 0.151. The molecule has 0 unspecified atom stereocenters. The highest BCUT2D eigenvalue weighted by atomic mass is 16.6. The van der Waals surface area contributed by atoms with E-state index in [9.17, 15) is 20.1 Å². The molecular formula is C26H48B2O5. The van der Waals surface area contributed by atoms with E-state index in [0.717, 1.165) is 49.7 Å². The predicted octanol–water partition coefficient (Wildman–Crippen LogP) is 5.08. The molecule has 0 aliphatic rings. The second kappa shape index (κ2) is 19.3. The summed E-state index contributed by atoms with van der Waals surface area (Å²) in [7, 11) is -3.43. The minimum Gasteiger partial charge on any atom is -0.512 e. The van der Waals surface area contributed by atoms with Gasteiger partial charge < -0.3 is 24.8 Å². The lowest BCUT2D eigenvalue weighted by Gasteiger charge is -2.17. The summed E-state index contributed by atoms with van der Waals surface area (Å²) >= 11 is 0. The average Bonchev–Trinajstić information content (AvgIpc) is 2.77. The molecule has 0 saturated carbocycles. The van der Waals surface area contributed by atoms with Crippen LogP contribution < -0.4 is 10.1 Å².